The van der Waals surface area contributed by atoms with Gasteiger partial charge in [-0.25, -0.2) is 0 Å². The number of nitrogens with zero attached hydrogens (tertiary/aromatic N) is 2. The summed E-state index contributed by atoms with van der Waals surface area (Å²) in [5.41, 5.74) is 0.150. The minimum Gasteiger partial charge on any atom is -0.493 e. The van der Waals surface area contributed by atoms with Crippen LogP contribution in [0.4, 0.5) is 13.9 Å². The molecule has 0 aliphatic carbocycles. The Labute approximate surface area is 141 Å². The Kier molecular flexibility index (Phi) is 6.42. The molecular weight excluding hydrogens is 340 g/mol. The van der Waals surface area contributed by atoms with Crippen molar-refractivity contribution in [3.8, 4) is 11.5 Å². The number of unbranched alkanes of at least 4 members (excludes halogenated alkanes) is 1. The Balaban J connectivity index is 2.10. The van der Waals surface area contributed by atoms with Gasteiger partial charge in [-0.05, 0) is 24.6 Å². The van der Waals surface area contributed by atoms with Crippen LogP contribution in [0, 0.1) is 0 Å². The van der Waals surface area contributed by atoms with Crippen LogP contribution in [-0.2, 0) is 6.42 Å². The highest BCUT2D eigenvalue weighted by atomic mass is 32.1. The highest BCUT2D eigenvalue weighted by Gasteiger charge is 2.16. The molecule has 0 atom stereocenters. The van der Waals surface area contributed by atoms with Gasteiger partial charge in [-0.1, -0.05) is 24.7 Å². The van der Waals surface area contributed by atoms with Crippen LogP contribution in [0.25, 0.3) is 0 Å². The normalized spacial score (nSPS) is 10.7. The molecular formula is C15H17F2N3O3S. The fraction of sp³-hybridized carbons (Fsp3) is 0.400. The number of hydrogen-bond donors (Lipinski definition) is 1. The van der Waals surface area contributed by atoms with E-state index in [2.05, 4.69) is 27.2 Å². The molecule has 130 valence electrons. The van der Waals surface area contributed by atoms with Crippen LogP contribution < -0.4 is 14.8 Å². The number of rotatable bonds is 8. The van der Waals surface area contributed by atoms with Gasteiger partial charge in [-0.3, -0.25) is 10.1 Å². The zero-order valence-corrected chi connectivity index (χ0v) is 14.0. The van der Waals surface area contributed by atoms with E-state index in [9.17, 15) is 13.6 Å². The minimum atomic E-state index is -3.01. The number of carbonyl (C=O) groups is 1. The number of halogens is 2. The summed E-state index contributed by atoms with van der Waals surface area (Å²) in [6, 6.07) is 4.03. The quantitative estimate of drug-likeness (QED) is 0.779. The fourth-order valence-electron chi connectivity index (χ4n) is 1.91. The second-order valence-corrected chi connectivity index (χ2v) is 5.86. The van der Waals surface area contributed by atoms with Crippen LogP contribution in [0.5, 0.6) is 11.5 Å². The molecule has 24 heavy (non-hydrogen) atoms. The molecule has 0 unspecified atom stereocenters. The van der Waals surface area contributed by atoms with Crippen LogP contribution >= 0.6 is 11.3 Å². The first-order valence-electron chi connectivity index (χ1n) is 7.30. The Morgan fingerprint density at radius 1 is 1.33 bits per heavy atom. The maximum atomic E-state index is 12.4. The first-order chi connectivity index (χ1) is 11.5. The number of anilines is 1. The van der Waals surface area contributed by atoms with E-state index in [-0.39, 0.29) is 17.1 Å². The van der Waals surface area contributed by atoms with Crippen molar-refractivity contribution in [2.45, 2.75) is 32.8 Å². The van der Waals surface area contributed by atoms with Crippen LogP contribution in [0.15, 0.2) is 18.2 Å². The minimum absolute atomic E-state index is 0.115. The Morgan fingerprint density at radius 2 is 2.12 bits per heavy atom. The molecule has 0 spiro atoms. The molecule has 1 amide bonds. The number of benzene rings is 1. The van der Waals surface area contributed by atoms with Gasteiger partial charge in [0.25, 0.3) is 5.91 Å². The SMILES string of the molecule is CCCCc1nnc(NC(=O)c2ccc(OC)c(OC(F)F)c2)s1. The van der Waals surface area contributed by atoms with E-state index in [0.29, 0.717) is 5.13 Å². The van der Waals surface area contributed by atoms with Gasteiger partial charge < -0.3 is 9.47 Å². The molecule has 2 rings (SSSR count). The lowest BCUT2D eigenvalue weighted by atomic mass is 10.2. The second-order valence-electron chi connectivity index (χ2n) is 4.80. The number of amides is 1. The number of aryl methyl sites for hydroxylation is 1. The predicted molar refractivity (Wildman–Crippen MR) is 86.1 cm³/mol. The molecule has 2 aromatic rings. The van der Waals surface area contributed by atoms with Gasteiger partial charge in [-0.2, -0.15) is 8.78 Å². The molecule has 6 nitrogen and oxygen atoms in total. The lowest BCUT2D eigenvalue weighted by molar-refractivity contribution is -0.0512. The van der Waals surface area contributed by atoms with Gasteiger partial charge in [0.05, 0.1) is 7.11 Å². The monoisotopic (exact) mass is 357 g/mol. The lowest BCUT2D eigenvalue weighted by Crippen LogP contribution is -2.12. The molecule has 9 heteroatoms. The van der Waals surface area contributed by atoms with Gasteiger partial charge in [0, 0.05) is 12.0 Å². The second kappa shape index (κ2) is 8.53. The predicted octanol–water partition coefficient (Wildman–Crippen LogP) is 3.74. The average molecular weight is 357 g/mol. The number of alkyl halides is 2. The Hall–Kier alpha value is -2.29. The third-order valence-corrected chi connectivity index (χ3v) is 3.97. The summed E-state index contributed by atoms with van der Waals surface area (Å²) in [5.74, 6) is -0.583. The van der Waals surface area contributed by atoms with Crippen LogP contribution in [0.3, 0.4) is 0 Å². The van der Waals surface area contributed by atoms with Crippen molar-refractivity contribution in [2.75, 3.05) is 12.4 Å². The topological polar surface area (TPSA) is 73.3 Å². The Bertz CT molecular complexity index is 694. The molecule has 0 aliphatic rings. The molecule has 0 saturated carbocycles. The molecule has 1 aromatic carbocycles. The van der Waals surface area contributed by atoms with Crippen molar-refractivity contribution >= 4 is 22.4 Å². The molecule has 0 aliphatic heterocycles. The molecule has 1 aromatic heterocycles. The maximum absolute atomic E-state index is 12.4. The summed E-state index contributed by atoms with van der Waals surface area (Å²) in [4.78, 5) is 12.2. The number of ether oxygens (including phenoxy) is 2. The van der Waals surface area contributed by atoms with Crippen LogP contribution in [0.2, 0.25) is 0 Å². The zero-order chi connectivity index (χ0) is 17.5. The van der Waals surface area contributed by atoms with E-state index >= 15 is 0 Å². The standard InChI is InChI=1S/C15H17F2N3O3S/c1-3-4-5-12-19-20-15(24-12)18-13(21)9-6-7-10(22-2)11(8-9)23-14(16)17/h6-8,14H,3-5H2,1-2H3,(H,18,20,21). The zero-order valence-electron chi connectivity index (χ0n) is 13.2. The lowest BCUT2D eigenvalue weighted by Gasteiger charge is -2.11. The van der Waals surface area contributed by atoms with Crippen LogP contribution in [0.1, 0.15) is 35.1 Å². The summed E-state index contributed by atoms with van der Waals surface area (Å²) in [5, 5.41) is 11.7. The van der Waals surface area contributed by atoms with Crippen molar-refractivity contribution in [1.29, 1.82) is 0 Å². The van der Waals surface area contributed by atoms with Gasteiger partial charge in [-0.15, -0.1) is 10.2 Å². The highest BCUT2D eigenvalue weighted by Crippen LogP contribution is 2.30. The van der Waals surface area contributed by atoms with Crippen molar-refractivity contribution < 1.29 is 23.0 Å². The first kappa shape index (κ1) is 18.1. The molecule has 0 radical (unpaired) electrons. The average Bonchev–Trinajstić information content (AvgIpc) is 2.99. The van der Waals surface area contributed by atoms with E-state index in [4.69, 9.17) is 4.74 Å². The van der Waals surface area contributed by atoms with E-state index in [1.54, 1.807) is 0 Å². The molecule has 0 fully saturated rings. The molecule has 1 N–H and O–H groups in total. The third-order valence-electron chi connectivity index (χ3n) is 3.07. The highest BCUT2D eigenvalue weighted by molar-refractivity contribution is 7.15. The summed E-state index contributed by atoms with van der Waals surface area (Å²) in [6.07, 6.45) is 2.84. The van der Waals surface area contributed by atoms with E-state index < -0.39 is 12.5 Å². The van der Waals surface area contributed by atoms with Gasteiger partial charge in [0.2, 0.25) is 5.13 Å². The van der Waals surface area contributed by atoms with E-state index in [1.807, 2.05) is 0 Å². The number of aromatic nitrogens is 2. The number of carbonyl (C=O) groups excluding carboxylic acids is 1. The van der Waals surface area contributed by atoms with Crippen molar-refractivity contribution in [3.05, 3.63) is 28.8 Å². The molecule has 0 saturated heterocycles. The van der Waals surface area contributed by atoms with E-state index in [1.165, 1.54) is 36.6 Å². The van der Waals surface area contributed by atoms with Crippen molar-refractivity contribution in [3.63, 3.8) is 0 Å². The number of hydrogen-bond acceptors (Lipinski definition) is 6. The summed E-state index contributed by atoms with van der Waals surface area (Å²) < 4.78 is 34.1. The van der Waals surface area contributed by atoms with Crippen molar-refractivity contribution in [2.24, 2.45) is 0 Å². The summed E-state index contributed by atoms with van der Waals surface area (Å²) in [6.45, 7) is -0.937. The Morgan fingerprint density at radius 3 is 2.79 bits per heavy atom. The first-order valence-corrected chi connectivity index (χ1v) is 8.11. The smallest absolute Gasteiger partial charge is 0.387 e. The maximum Gasteiger partial charge on any atom is 0.387 e. The van der Waals surface area contributed by atoms with Gasteiger partial charge in [0.1, 0.15) is 5.01 Å². The largest absolute Gasteiger partial charge is 0.493 e. The number of methoxy groups -OCH3 is 1. The molecule has 1 heterocycles. The van der Waals surface area contributed by atoms with Crippen LogP contribution in [-0.4, -0.2) is 29.8 Å². The van der Waals surface area contributed by atoms with Crippen molar-refractivity contribution in [1.82, 2.24) is 10.2 Å². The van der Waals surface area contributed by atoms with Gasteiger partial charge in [0.15, 0.2) is 11.5 Å². The summed E-state index contributed by atoms with van der Waals surface area (Å²) in [7, 11) is 1.33. The molecule has 0 bridgehead atoms. The summed E-state index contributed by atoms with van der Waals surface area (Å²) >= 11 is 1.29. The van der Waals surface area contributed by atoms with E-state index in [0.717, 1.165) is 24.3 Å². The third kappa shape index (κ3) is 4.85. The fourth-order valence-corrected chi connectivity index (χ4v) is 2.69. The van der Waals surface area contributed by atoms with Gasteiger partial charge >= 0.3 is 6.61 Å². The number of nitrogens with one attached hydrogen (secondary N) is 1.